The van der Waals surface area contributed by atoms with Crippen molar-refractivity contribution < 1.29 is 4.79 Å². The SMILES string of the molecule is CNC(=O)c1cccc(CCNc2ccc(C#N)cc2)c1. The summed E-state index contributed by atoms with van der Waals surface area (Å²) < 4.78 is 0. The lowest BCUT2D eigenvalue weighted by atomic mass is 10.1. The Kier molecular flexibility index (Phi) is 4.94. The summed E-state index contributed by atoms with van der Waals surface area (Å²) in [5.74, 6) is -0.0723. The third kappa shape index (κ3) is 4.08. The molecule has 2 N–H and O–H groups in total. The average Bonchev–Trinajstić information content (AvgIpc) is 2.55. The first-order valence-electron chi connectivity index (χ1n) is 6.78. The van der Waals surface area contributed by atoms with Crippen LogP contribution in [0.25, 0.3) is 0 Å². The van der Waals surface area contributed by atoms with Crippen LogP contribution in [0.3, 0.4) is 0 Å². The van der Waals surface area contributed by atoms with Crippen LogP contribution < -0.4 is 10.6 Å². The van der Waals surface area contributed by atoms with Gasteiger partial charge in [0.05, 0.1) is 11.6 Å². The lowest BCUT2D eigenvalue weighted by Gasteiger charge is -2.07. The summed E-state index contributed by atoms with van der Waals surface area (Å²) in [7, 11) is 1.63. The highest BCUT2D eigenvalue weighted by Crippen LogP contribution is 2.10. The fraction of sp³-hybridized carbons (Fsp3) is 0.176. The molecule has 0 aliphatic heterocycles. The Balaban J connectivity index is 1.91. The predicted octanol–water partition coefficient (Wildman–Crippen LogP) is 2.57. The van der Waals surface area contributed by atoms with Crippen LogP contribution in [-0.4, -0.2) is 19.5 Å². The third-order valence-electron chi connectivity index (χ3n) is 3.17. The zero-order valence-corrected chi connectivity index (χ0v) is 11.9. The van der Waals surface area contributed by atoms with Crippen molar-refractivity contribution in [2.75, 3.05) is 18.9 Å². The first-order chi connectivity index (χ1) is 10.2. The standard InChI is InChI=1S/C17H17N3O/c1-19-17(21)15-4-2-3-13(11-15)9-10-20-16-7-5-14(12-18)6-8-16/h2-8,11,20H,9-10H2,1H3,(H,19,21). The van der Waals surface area contributed by atoms with E-state index >= 15 is 0 Å². The van der Waals surface area contributed by atoms with Crippen molar-refractivity contribution in [3.05, 3.63) is 65.2 Å². The number of nitrogens with one attached hydrogen (secondary N) is 2. The van der Waals surface area contributed by atoms with Crippen molar-refractivity contribution in [2.24, 2.45) is 0 Å². The number of nitrogens with zero attached hydrogens (tertiary/aromatic N) is 1. The maximum Gasteiger partial charge on any atom is 0.251 e. The molecular weight excluding hydrogens is 262 g/mol. The van der Waals surface area contributed by atoms with Gasteiger partial charge in [-0.25, -0.2) is 0 Å². The number of amides is 1. The van der Waals surface area contributed by atoms with Crippen LogP contribution in [0.2, 0.25) is 0 Å². The number of hydrogen-bond donors (Lipinski definition) is 2. The van der Waals surface area contributed by atoms with Gasteiger partial charge in [-0.1, -0.05) is 12.1 Å². The van der Waals surface area contributed by atoms with Crippen molar-refractivity contribution in [3.63, 3.8) is 0 Å². The Morgan fingerprint density at radius 3 is 2.62 bits per heavy atom. The maximum atomic E-state index is 11.6. The molecule has 0 aromatic heterocycles. The van der Waals surface area contributed by atoms with E-state index in [2.05, 4.69) is 16.7 Å². The molecule has 4 nitrogen and oxygen atoms in total. The quantitative estimate of drug-likeness (QED) is 0.884. The van der Waals surface area contributed by atoms with Crippen molar-refractivity contribution in [2.45, 2.75) is 6.42 Å². The van der Waals surface area contributed by atoms with Gasteiger partial charge in [-0.2, -0.15) is 5.26 Å². The summed E-state index contributed by atoms with van der Waals surface area (Å²) in [5.41, 5.74) is 3.42. The first kappa shape index (κ1) is 14.6. The predicted molar refractivity (Wildman–Crippen MR) is 83.2 cm³/mol. The number of hydrogen-bond acceptors (Lipinski definition) is 3. The highest BCUT2D eigenvalue weighted by atomic mass is 16.1. The molecule has 0 saturated carbocycles. The van der Waals surface area contributed by atoms with Crippen LogP contribution in [0.5, 0.6) is 0 Å². The van der Waals surface area contributed by atoms with Gasteiger partial charge in [0.25, 0.3) is 5.91 Å². The van der Waals surface area contributed by atoms with E-state index in [1.54, 1.807) is 25.2 Å². The highest BCUT2D eigenvalue weighted by Gasteiger charge is 2.03. The van der Waals surface area contributed by atoms with E-state index in [9.17, 15) is 4.79 Å². The molecule has 0 unspecified atom stereocenters. The summed E-state index contributed by atoms with van der Waals surface area (Å²) in [6.45, 7) is 0.767. The smallest absolute Gasteiger partial charge is 0.251 e. The van der Waals surface area contributed by atoms with Crippen LogP contribution in [0, 0.1) is 11.3 Å². The van der Waals surface area contributed by atoms with Gasteiger partial charge in [-0.05, 0) is 48.4 Å². The molecule has 21 heavy (non-hydrogen) atoms. The average molecular weight is 279 g/mol. The Labute approximate surface area is 124 Å². The second kappa shape index (κ2) is 7.11. The lowest BCUT2D eigenvalue weighted by molar-refractivity contribution is 0.0963. The minimum absolute atomic E-state index is 0.0723. The van der Waals surface area contributed by atoms with Gasteiger partial charge in [0.15, 0.2) is 0 Å². The molecule has 0 spiro atoms. The number of nitriles is 1. The summed E-state index contributed by atoms with van der Waals surface area (Å²) >= 11 is 0. The molecule has 0 fully saturated rings. The molecule has 0 aliphatic rings. The normalized spacial score (nSPS) is 9.71. The van der Waals surface area contributed by atoms with Crippen LogP contribution >= 0.6 is 0 Å². The van der Waals surface area contributed by atoms with Crippen molar-refractivity contribution >= 4 is 11.6 Å². The Hall–Kier alpha value is -2.80. The Bertz CT molecular complexity index is 656. The summed E-state index contributed by atoms with van der Waals surface area (Å²) in [4.78, 5) is 11.6. The van der Waals surface area contributed by atoms with Crippen molar-refractivity contribution in [1.82, 2.24) is 5.32 Å². The topological polar surface area (TPSA) is 64.9 Å². The zero-order valence-electron chi connectivity index (χ0n) is 11.9. The second-order valence-electron chi connectivity index (χ2n) is 4.65. The van der Waals surface area contributed by atoms with E-state index in [0.29, 0.717) is 11.1 Å². The minimum atomic E-state index is -0.0723. The molecule has 4 heteroatoms. The number of benzene rings is 2. The molecule has 0 aliphatic carbocycles. The van der Waals surface area contributed by atoms with E-state index in [1.807, 2.05) is 30.3 Å². The second-order valence-corrected chi connectivity index (χ2v) is 4.65. The van der Waals surface area contributed by atoms with Crippen LogP contribution in [0.4, 0.5) is 5.69 Å². The minimum Gasteiger partial charge on any atom is -0.385 e. The molecule has 0 heterocycles. The fourth-order valence-electron chi connectivity index (χ4n) is 2.03. The zero-order chi connectivity index (χ0) is 15.1. The summed E-state index contributed by atoms with van der Waals surface area (Å²) in [6.07, 6.45) is 0.824. The van der Waals surface area contributed by atoms with Gasteiger partial charge in [0.2, 0.25) is 0 Å². The number of rotatable bonds is 5. The van der Waals surface area contributed by atoms with E-state index in [0.717, 1.165) is 24.2 Å². The molecule has 2 aromatic carbocycles. The number of carbonyl (C=O) groups is 1. The molecule has 2 aromatic rings. The van der Waals surface area contributed by atoms with E-state index in [1.165, 1.54) is 0 Å². The van der Waals surface area contributed by atoms with Gasteiger partial charge in [-0.3, -0.25) is 4.79 Å². The summed E-state index contributed by atoms with van der Waals surface area (Å²) in [5, 5.41) is 14.7. The van der Waals surface area contributed by atoms with Gasteiger partial charge in [0.1, 0.15) is 0 Å². The molecule has 2 rings (SSSR count). The molecular formula is C17H17N3O. The Morgan fingerprint density at radius 1 is 1.19 bits per heavy atom. The molecule has 106 valence electrons. The summed E-state index contributed by atoms with van der Waals surface area (Å²) in [6, 6.07) is 17.0. The van der Waals surface area contributed by atoms with E-state index in [-0.39, 0.29) is 5.91 Å². The molecule has 0 saturated heterocycles. The van der Waals surface area contributed by atoms with Gasteiger partial charge >= 0.3 is 0 Å². The number of carbonyl (C=O) groups excluding carboxylic acids is 1. The van der Waals surface area contributed by atoms with Gasteiger partial charge in [-0.15, -0.1) is 0 Å². The van der Waals surface area contributed by atoms with Crippen LogP contribution in [0.15, 0.2) is 48.5 Å². The van der Waals surface area contributed by atoms with Gasteiger partial charge < -0.3 is 10.6 Å². The van der Waals surface area contributed by atoms with E-state index in [4.69, 9.17) is 5.26 Å². The molecule has 0 atom stereocenters. The number of anilines is 1. The largest absolute Gasteiger partial charge is 0.385 e. The molecule has 1 amide bonds. The van der Waals surface area contributed by atoms with Crippen LogP contribution in [-0.2, 0) is 6.42 Å². The van der Waals surface area contributed by atoms with Crippen molar-refractivity contribution in [1.29, 1.82) is 5.26 Å². The van der Waals surface area contributed by atoms with E-state index < -0.39 is 0 Å². The molecule has 0 radical (unpaired) electrons. The highest BCUT2D eigenvalue weighted by molar-refractivity contribution is 5.94. The Morgan fingerprint density at radius 2 is 1.95 bits per heavy atom. The first-order valence-corrected chi connectivity index (χ1v) is 6.78. The third-order valence-corrected chi connectivity index (χ3v) is 3.17. The molecule has 0 bridgehead atoms. The van der Waals surface area contributed by atoms with Gasteiger partial charge in [0, 0.05) is 24.8 Å². The van der Waals surface area contributed by atoms with Crippen LogP contribution in [0.1, 0.15) is 21.5 Å². The lowest BCUT2D eigenvalue weighted by Crippen LogP contribution is -2.18. The fourth-order valence-corrected chi connectivity index (χ4v) is 2.03. The maximum absolute atomic E-state index is 11.6. The monoisotopic (exact) mass is 279 g/mol. The van der Waals surface area contributed by atoms with Crippen molar-refractivity contribution in [3.8, 4) is 6.07 Å².